The summed E-state index contributed by atoms with van der Waals surface area (Å²) in [7, 11) is 0. The van der Waals surface area contributed by atoms with E-state index in [0.717, 1.165) is 12.8 Å². The van der Waals surface area contributed by atoms with Gasteiger partial charge in [0, 0.05) is 18.0 Å². The van der Waals surface area contributed by atoms with Gasteiger partial charge < -0.3 is 15.6 Å². The van der Waals surface area contributed by atoms with Crippen LogP contribution in [0.1, 0.15) is 19.8 Å². The number of hydrogen-bond acceptors (Lipinski definition) is 4. The average molecular weight is 186 g/mol. The molecule has 2 fully saturated rings. The van der Waals surface area contributed by atoms with Crippen LogP contribution in [0, 0.1) is 5.92 Å². The molecule has 0 bridgehead atoms. The van der Waals surface area contributed by atoms with E-state index in [4.69, 9.17) is 10.5 Å². The molecule has 1 aliphatic heterocycles. The van der Waals surface area contributed by atoms with Crippen LogP contribution in [0.25, 0.3) is 0 Å². The van der Waals surface area contributed by atoms with Crippen LogP contribution in [0.3, 0.4) is 0 Å². The lowest BCUT2D eigenvalue weighted by molar-refractivity contribution is 0.0132. The number of ether oxygens (including phenoxy) is 1. The normalized spacial score (nSPS) is 47.3. The van der Waals surface area contributed by atoms with Crippen molar-refractivity contribution >= 4 is 0 Å². The summed E-state index contributed by atoms with van der Waals surface area (Å²) in [6, 6.07) is 0.514. The van der Waals surface area contributed by atoms with E-state index in [2.05, 4.69) is 5.32 Å². The Bertz CT molecular complexity index is 186. The van der Waals surface area contributed by atoms with Crippen molar-refractivity contribution in [2.75, 3.05) is 6.73 Å². The minimum atomic E-state index is -0.319. The van der Waals surface area contributed by atoms with Gasteiger partial charge in [-0.05, 0) is 19.8 Å². The molecule has 76 valence electrons. The highest BCUT2D eigenvalue weighted by Crippen LogP contribution is 2.30. The molecular formula is C9H18N2O2. The van der Waals surface area contributed by atoms with E-state index >= 15 is 0 Å². The summed E-state index contributed by atoms with van der Waals surface area (Å²) >= 11 is 0. The zero-order valence-electron chi connectivity index (χ0n) is 7.94. The number of aliphatic hydroxyl groups excluding tert-OH is 1. The molecule has 0 radical (unpaired) electrons. The van der Waals surface area contributed by atoms with Crippen LogP contribution in [0.4, 0.5) is 0 Å². The Kier molecular flexibility index (Phi) is 2.55. The molecule has 1 unspecified atom stereocenters. The van der Waals surface area contributed by atoms with Crippen molar-refractivity contribution in [2.24, 2.45) is 11.7 Å². The molecule has 4 nitrogen and oxygen atoms in total. The van der Waals surface area contributed by atoms with Crippen molar-refractivity contribution in [1.29, 1.82) is 0 Å². The van der Waals surface area contributed by atoms with E-state index in [9.17, 15) is 5.11 Å². The zero-order valence-corrected chi connectivity index (χ0v) is 7.94. The lowest BCUT2D eigenvalue weighted by Crippen LogP contribution is -2.50. The van der Waals surface area contributed by atoms with Crippen LogP contribution >= 0.6 is 0 Å². The van der Waals surface area contributed by atoms with Crippen molar-refractivity contribution in [2.45, 2.75) is 44.1 Å². The van der Waals surface area contributed by atoms with Crippen LogP contribution in [0.5, 0.6) is 0 Å². The first-order valence-electron chi connectivity index (χ1n) is 4.97. The molecule has 1 heterocycles. The predicted molar refractivity (Wildman–Crippen MR) is 49.0 cm³/mol. The van der Waals surface area contributed by atoms with Gasteiger partial charge in [-0.15, -0.1) is 0 Å². The van der Waals surface area contributed by atoms with Crippen molar-refractivity contribution in [3.63, 3.8) is 0 Å². The average Bonchev–Trinajstić information content (AvgIpc) is 2.48. The Morgan fingerprint density at radius 1 is 1.54 bits per heavy atom. The monoisotopic (exact) mass is 186 g/mol. The molecule has 1 aliphatic carbocycles. The summed E-state index contributed by atoms with van der Waals surface area (Å²) < 4.78 is 5.51. The molecule has 0 amide bonds. The Labute approximate surface area is 78.4 Å². The smallest absolute Gasteiger partial charge is 0.0972 e. The Morgan fingerprint density at radius 2 is 2.31 bits per heavy atom. The number of fused-ring (bicyclic) bond motifs is 1. The molecule has 0 aromatic heterocycles. The van der Waals surface area contributed by atoms with E-state index in [0.29, 0.717) is 12.8 Å². The predicted octanol–water partition coefficient (Wildman–Crippen LogP) is -0.581. The molecule has 4 N–H and O–H groups in total. The van der Waals surface area contributed by atoms with E-state index in [1.165, 1.54) is 0 Å². The fourth-order valence-corrected chi connectivity index (χ4v) is 2.44. The quantitative estimate of drug-likeness (QED) is 0.512. The third-order valence-corrected chi connectivity index (χ3v) is 3.29. The molecule has 13 heavy (non-hydrogen) atoms. The molecular weight excluding hydrogens is 168 g/mol. The van der Waals surface area contributed by atoms with Gasteiger partial charge in [0.2, 0.25) is 0 Å². The summed E-state index contributed by atoms with van der Waals surface area (Å²) in [5, 5.41) is 12.8. The zero-order chi connectivity index (χ0) is 9.42. The fourth-order valence-electron chi connectivity index (χ4n) is 2.44. The van der Waals surface area contributed by atoms with Crippen molar-refractivity contribution in [1.82, 2.24) is 5.32 Å². The summed E-state index contributed by atoms with van der Waals surface area (Å²) in [5.74, 6) is 0.196. The third-order valence-electron chi connectivity index (χ3n) is 3.29. The highest BCUT2D eigenvalue weighted by molar-refractivity contribution is 4.95. The van der Waals surface area contributed by atoms with Crippen LogP contribution < -0.4 is 11.1 Å². The van der Waals surface area contributed by atoms with Gasteiger partial charge in [-0.3, -0.25) is 5.32 Å². The molecule has 0 aromatic rings. The lowest BCUT2D eigenvalue weighted by atomic mass is 9.78. The number of nitrogens with one attached hydrogen (secondary N) is 1. The van der Waals surface area contributed by atoms with Gasteiger partial charge in [-0.1, -0.05) is 0 Å². The summed E-state index contributed by atoms with van der Waals surface area (Å²) in [6.45, 7) is 2.45. The molecule has 0 aromatic carbocycles. The highest BCUT2D eigenvalue weighted by atomic mass is 16.5. The standard InChI is InChI=1S/C9H18N2O2/c1-5(12)6-2-9-8(3-7(6)10)11-4-13-9/h5-9,11-12H,2-4,10H2,1H3/t5-,6+,7+,8-,9?/m0/s1. The first kappa shape index (κ1) is 9.40. The van der Waals surface area contributed by atoms with Gasteiger partial charge in [-0.2, -0.15) is 0 Å². The second kappa shape index (κ2) is 3.53. The first-order chi connectivity index (χ1) is 6.18. The third kappa shape index (κ3) is 1.72. The van der Waals surface area contributed by atoms with Gasteiger partial charge >= 0.3 is 0 Å². The van der Waals surface area contributed by atoms with Crippen LogP contribution in [0.2, 0.25) is 0 Å². The van der Waals surface area contributed by atoms with E-state index in [1.807, 2.05) is 6.92 Å². The largest absolute Gasteiger partial charge is 0.393 e. The van der Waals surface area contributed by atoms with Crippen molar-refractivity contribution < 1.29 is 9.84 Å². The Hall–Kier alpha value is -0.160. The van der Waals surface area contributed by atoms with Gasteiger partial charge in [0.25, 0.3) is 0 Å². The second-order valence-electron chi connectivity index (χ2n) is 4.20. The molecule has 2 aliphatic rings. The molecule has 1 saturated heterocycles. The molecule has 4 heteroatoms. The van der Waals surface area contributed by atoms with E-state index in [1.54, 1.807) is 0 Å². The Balaban J connectivity index is 2.01. The number of hydrogen-bond donors (Lipinski definition) is 3. The number of rotatable bonds is 1. The molecule has 2 rings (SSSR count). The van der Waals surface area contributed by atoms with E-state index < -0.39 is 0 Å². The first-order valence-corrected chi connectivity index (χ1v) is 4.97. The van der Waals surface area contributed by atoms with Gasteiger partial charge in [0.05, 0.1) is 18.9 Å². The number of aliphatic hydroxyl groups is 1. The van der Waals surface area contributed by atoms with Crippen molar-refractivity contribution in [3.8, 4) is 0 Å². The van der Waals surface area contributed by atoms with Gasteiger partial charge in [0.15, 0.2) is 0 Å². The van der Waals surface area contributed by atoms with Crippen LogP contribution in [-0.4, -0.2) is 36.1 Å². The van der Waals surface area contributed by atoms with Gasteiger partial charge in [0.1, 0.15) is 0 Å². The maximum absolute atomic E-state index is 9.51. The Morgan fingerprint density at radius 3 is 3.00 bits per heavy atom. The lowest BCUT2D eigenvalue weighted by Gasteiger charge is -2.36. The summed E-state index contributed by atoms with van der Waals surface area (Å²) in [5.41, 5.74) is 5.98. The van der Waals surface area contributed by atoms with Crippen LogP contribution in [-0.2, 0) is 4.74 Å². The topological polar surface area (TPSA) is 67.5 Å². The highest BCUT2D eigenvalue weighted by Gasteiger charge is 2.40. The maximum Gasteiger partial charge on any atom is 0.0972 e. The van der Waals surface area contributed by atoms with Crippen LogP contribution in [0.15, 0.2) is 0 Å². The minimum Gasteiger partial charge on any atom is -0.393 e. The second-order valence-corrected chi connectivity index (χ2v) is 4.20. The van der Waals surface area contributed by atoms with Crippen molar-refractivity contribution in [3.05, 3.63) is 0 Å². The number of nitrogens with two attached hydrogens (primary N) is 1. The SMILES string of the molecule is C[C@H](O)[C@H]1CC2OCN[C@H]2C[C@H]1N. The molecule has 5 atom stereocenters. The molecule has 1 saturated carbocycles. The minimum absolute atomic E-state index is 0.107. The summed E-state index contributed by atoms with van der Waals surface area (Å²) in [4.78, 5) is 0. The van der Waals surface area contributed by atoms with E-state index in [-0.39, 0.29) is 24.2 Å². The van der Waals surface area contributed by atoms with Gasteiger partial charge in [-0.25, -0.2) is 0 Å². The molecule has 0 spiro atoms. The maximum atomic E-state index is 9.51. The summed E-state index contributed by atoms with van der Waals surface area (Å²) in [6.07, 6.45) is 1.75. The fraction of sp³-hybridized carbons (Fsp3) is 1.00.